The van der Waals surface area contributed by atoms with Crippen LogP contribution in [0.1, 0.15) is 6.42 Å². The van der Waals surface area contributed by atoms with Crippen molar-refractivity contribution in [2.24, 2.45) is 5.73 Å². The van der Waals surface area contributed by atoms with Gasteiger partial charge in [-0.2, -0.15) is 0 Å². The van der Waals surface area contributed by atoms with Gasteiger partial charge in [-0.15, -0.1) is 0 Å². The number of halogens is 1. The van der Waals surface area contributed by atoms with E-state index in [4.69, 9.17) is 5.73 Å². The van der Waals surface area contributed by atoms with Crippen molar-refractivity contribution in [3.63, 3.8) is 0 Å². The topological polar surface area (TPSA) is 46.3 Å². The molecule has 2 N–H and O–H groups in total. The lowest BCUT2D eigenvalue weighted by atomic mass is 10.3. The first-order valence-electron chi connectivity index (χ1n) is 4.48. The third kappa shape index (κ3) is 1.61. The number of hydrogen-bond acceptors (Lipinski definition) is 2. The Hall–Kier alpha value is -1.42. The van der Waals surface area contributed by atoms with E-state index in [0.29, 0.717) is 18.7 Å². The predicted octanol–water partition coefficient (Wildman–Crippen LogP) is 0.890. The van der Waals surface area contributed by atoms with Gasteiger partial charge in [0.25, 0.3) is 0 Å². The maximum atomic E-state index is 12.9. The zero-order valence-corrected chi connectivity index (χ0v) is 7.61. The number of nitrogens with two attached hydrogens (primary N) is 1. The molecular weight excluding hydrogens is 183 g/mol. The van der Waals surface area contributed by atoms with E-state index in [1.54, 1.807) is 12.1 Å². The molecule has 0 spiro atoms. The van der Waals surface area contributed by atoms with Crippen LogP contribution < -0.4 is 10.6 Å². The first-order valence-corrected chi connectivity index (χ1v) is 4.48. The van der Waals surface area contributed by atoms with Crippen LogP contribution in [0.5, 0.6) is 0 Å². The lowest BCUT2D eigenvalue weighted by Crippen LogP contribution is -2.27. The van der Waals surface area contributed by atoms with Gasteiger partial charge in [0.15, 0.2) is 0 Å². The molecule has 1 saturated heterocycles. The molecule has 2 rings (SSSR count). The summed E-state index contributed by atoms with van der Waals surface area (Å²) in [6.45, 7) is 0.474. The molecule has 14 heavy (non-hydrogen) atoms. The summed E-state index contributed by atoms with van der Waals surface area (Å²) in [6.07, 6.45) is 0.344. The fourth-order valence-electron chi connectivity index (χ4n) is 1.63. The molecule has 3 nitrogen and oxygen atoms in total. The fourth-order valence-corrected chi connectivity index (χ4v) is 1.63. The van der Waals surface area contributed by atoms with Crippen LogP contribution in [0.2, 0.25) is 0 Å². The van der Waals surface area contributed by atoms with E-state index in [1.807, 2.05) is 0 Å². The minimum atomic E-state index is -0.337. The molecule has 0 saturated carbocycles. The van der Waals surface area contributed by atoms with Gasteiger partial charge in [0.1, 0.15) is 5.82 Å². The molecule has 0 aromatic heterocycles. The third-order valence-corrected chi connectivity index (χ3v) is 2.27. The number of hydrogen-bond donors (Lipinski definition) is 1. The SMILES string of the molecule is N[C@@H]1CC(=O)N(c2cccc(F)c2)C1. The molecule has 4 heteroatoms. The quantitative estimate of drug-likeness (QED) is 0.721. The van der Waals surface area contributed by atoms with E-state index in [1.165, 1.54) is 17.0 Å². The van der Waals surface area contributed by atoms with Crippen molar-refractivity contribution in [3.8, 4) is 0 Å². The highest BCUT2D eigenvalue weighted by atomic mass is 19.1. The van der Waals surface area contributed by atoms with E-state index >= 15 is 0 Å². The van der Waals surface area contributed by atoms with Gasteiger partial charge < -0.3 is 10.6 Å². The molecule has 1 amide bonds. The minimum Gasteiger partial charge on any atom is -0.326 e. The number of carbonyl (C=O) groups excluding carboxylic acids is 1. The van der Waals surface area contributed by atoms with Gasteiger partial charge in [-0.3, -0.25) is 4.79 Å². The molecule has 0 aliphatic carbocycles. The highest BCUT2D eigenvalue weighted by Gasteiger charge is 2.27. The summed E-state index contributed by atoms with van der Waals surface area (Å²) in [7, 11) is 0. The standard InChI is InChI=1S/C10H11FN2O/c11-7-2-1-3-9(4-7)13-6-8(12)5-10(13)14/h1-4,8H,5-6,12H2/t8-/m1/s1. The normalized spacial score (nSPS) is 21.7. The zero-order valence-electron chi connectivity index (χ0n) is 7.61. The van der Waals surface area contributed by atoms with Crippen molar-refractivity contribution >= 4 is 11.6 Å². The first-order chi connectivity index (χ1) is 6.66. The third-order valence-electron chi connectivity index (χ3n) is 2.27. The van der Waals surface area contributed by atoms with Gasteiger partial charge in [-0.25, -0.2) is 4.39 Å². The molecule has 1 aliphatic heterocycles. The highest BCUT2D eigenvalue weighted by Crippen LogP contribution is 2.21. The first kappa shape index (κ1) is 9.15. The van der Waals surface area contributed by atoms with E-state index < -0.39 is 0 Å². The van der Waals surface area contributed by atoms with Crippen LogP contribution in [-0.2, 0) is 4.79 Å². The molecule has 1 aromatic carbocycles. The second-order valence-corrected chi connectivity index (χ2v) is 3.45. The molecule has 1 heterocycles. The summed E-state index contributed by atoms with van der Waals surface area (Å²) in [4.78, 5) is 12.9. The Labute approximate surface area is 81.3 Å². The van der Waals surface area contributed by atoms with Crippen molar-refractivity contribution in [1.82, 2.24) is 0 Å². The smallest absolute Gasteiger partial charge is 0.228 e. The molecule has 0 bridgehead atoms. The van der Waals surface area contributed by atoms with Crippen LogP contribution >= 0.6 is 0 Å². The number of benzene rings is 1. The molecule has 1 atom stereocenters. The zero-order chi connectivity index (χ0) is 10.1. The summed E-state index contributed by atoms with van der Waals surface area (Å²) >= 11 is 0. The molecular formula is C10H11FN2O. The van der Waals surface area contributed by atoms with E-state index in [2.05, 4.69) is 0 Å². The van der Waals surface area contributed by atoms with Crippen molar-refractivity contribution in [1.29, 1.82) is 0 Å². The van der Waals surface area contributed by atoms with Crippen LogP contribution in [-0.4, -0.2) is 18.5 Å². The average Bonchev–Trinajstić information content (AvgIpc) is 2.45. The van der Waals surface area contributed by atoms with E-state index in [-0.39, 0.29) is 17.8 Å². The molecule has 1 aromatic rings. The largest absolute Gasteiger partial charge is 0.326 e. The second-order valence-electron chi connectivity index (χ2n) is 3.45. The summed E-state index contributed by atoms with van der Waals surface area (Å²) in [6, 6.07) is 5.85. The predicted molar refractivity (Wildman–Crippen MR) is 51.3 cm³/mol. The van der Waals surface area contributed by atoms with Gasteiger partial charge in [-0.05, 0) is 18.2 Å². The van der Waals surface area contributed by atoms with E-state index in [9.17, 15) is 9.18 Å². The van der Waals surface area contributed by atoms with Crippen LogP contribution in [0.25, 0.3) is 0 Å². The molecule has 0 radical (unpaired) electrons. The van der Waals surface area contributed by atoms with Gasteiger partial charge in [0, 0.05) is 24.7 Å². The summed E-state index contributed by atoms with van der Waals surface area (Å²) in [5.74, 6) is -0.376. The molecule has 0 unspecified atom stereocenters. The van der Waals surface area contributed by atoms with Crippen LogP contribution in [0, 0.1) is 5.82 Å². The summed E-state index contributed by atoms with van der Waals surface area (Å²) in [5.41, 5.74) is 6.22. The highest BCUT2D eigenvalue weighted by molar-refractivity contribution is 5.96. The number of rotatable bonds is 1. The number of amides is 1. The summed E-state index contributed by atoms with van der Waals surface area (Å²) < 4.78 is 12.9. The maximum absolute atomic E-state index is 12.9. The lowest BCUT2D eigenvalue weighted by Gasteiger charge is -2.15. The average molecular weight is 194 g/mol. The van der Waals surface area contributed by atoms with Gasteiger partial charge in [-0.1, -0.05) is 6.07 Å². The lowest BCUT2D eigenvalue weighted by molar-refractivity contribution is -0.117. The Kier molecular flexibility index (Phi) is 2.21. The molecule has 1 fully saturated rings. The maximum Gasteiger partial charge on any atom is 0.228 e. The van der Waals surface area contributed by atoms with Crippen LogP contribution in [0.4, 0.5) is 10.1 Å². The Bertz CT molecular complexity index is 367. The monoisotopic (exact) mass is 194 g/mol. The van der Waals surface area contributed by atoms with Crippen molar-refractivity contribution in [2.45, 2.75) is 12.5 Å². The second kappa shape index (κ2) is 3.38. The minimum absolute atomic E-state index is 0.0388. The Balaban J connectivity index is 2.27. The Morgan fingerprint density at radius 2 is 2.29 bits per heavy atom. The van der Waals surface area contributed by atoms with Crippen LogP contribution in [0.3, 0.4) is 0 Å². The van der Waals surface area contributed by atoms with Gasteiger partial charge in [0.05, 0.1) is 0 Å². The number of anilines is 1. The number of carbonyl (C=O) groups is 1. The van der Waals surface area contributed by atoms with Crippen LogP contribution in [0.15, 0.2) is 24.3 Å². The number of nitrogens with zero attached hydrogens (tertiary/aromatic N) is 1. The molecule has 1 aliphatic rings. The molecule has 74 valence electrons. The Morgan fingerprint density at radius 3 is 2.86 bits per heavy atom. The van der Waals surface area contributed by atoms with Gasteiger partial charge in [0.2, 0.25) is 5.91 Å². The van der Waals surface area contributed by atoms with Crippen molar-refractivity contribution < 1.29 is 9.18 Å². The van der Waals surface area contributed by atoms with Crippen molar-refractivity contribution in [3.05, 3.63) is 30.1 Å². The fraction of sp³-hybridized carbons (Fsp3) is 0.300. The van der Waals surface area contributed by atoms with Crippen molar-refractivity contribution in [2.75, 3.05) is 11.4 Å². The van der Waals surface area contributed by atoms with Gasteiger partial charge >= 0.3 is 0 Å². The Morgan fingerprint density at radius 1 is 1.50 bits per heavy atom. The van der Waals surface area contributed by atoms with E-state index in [0.717, 1.165) is 0 Å². The summed E-state index contributed by atoms with van der Waals surface area (Å²) in [5, 5.41) is 0.